The van der Waals surface area contributed by atoms with Crippen molar-refractivity contribution in [3.05, 3.63) is 52.5 Å². The highest BCUT2D eigenvalue weighted by molar-refractivity contribution is 5.94. The van der Waals surface area contributed by atoms with Gasteiger partial charge in [0.15, 0.2) is 5.76 Å². The van der Waals surface area contributed by atoms with E-state index in [1.165, 1.54) is 11.8 Å². The molecule has 0 atom stereocenters. The number of hydrazine groups is 1. The molecule has 0 radical (unpaired) electrons. The predicted molar refractivity (Wildman–Crippen MR) is 75.3 cm³/mol. The summed E-state index contributed by atoms with van der Waals surface area (Å²) in [6.45, 7) is 6.23. The highest BCUT2D eigenvalue weighted by Gasteiger charge is 2.14. The lowest BCUT2D eigenvalue weighted by Crippen LogP contribution is -2.30. The zero-order valence-electron chi connectivity index (χ0n) is 11.8. The van der Waals surface area contributed by atoms with E-state index in [0.29, 0.717) is 11.3 Å². The van der Waals surface area contributed by atoms with Gasteiger partial charge < -0.3 is 9.15 Å². The summed E-state index contributed by atoms with van der Waals surface area (Å²) in [5, 5.41) is 0. The second-order valence-corrected chi connectivity index (χ2v) is 4.72. The monoisotopic (exact) mass is 274 g/mol. The van der Waals surface area contributed by atoms with Crippen LogP contribution in [0.5, 0.6) is 5.75 Å². The van der Waals surface area contributed by atoms with Crippen LogP contribution in [0.3, 0.4) is 0 Å². The average molecular weight is 274 g/mol. The number of nitrogens with two attached hydrogens (primary N) is 1. The highest BCUT2D eigenvalue weighted by atomic mass is 16.5. The van der Waals surface area contributed by atoms with E-state index in [1.54, 1.807) is 6.07 Å². The number of aryl methyl sites for hydroxylation is 2. The maximum Gasteiger partial charge on any atom is 0.268 e. The number of benzene rings is 1. The number of hydrogen-bond donors (Lipinski definition) is 2. The third-order valence-corrected chi connectivity index (χ3v) is 3.24. The predicted octanol–water partition coefficient (Wildman–Crippen LogP) is 2.39. The maximum absolute atomic E-state index is 11.5. The third kappa shape index (κ3) is 2.83. The van der Waals surface area contributed by atoms with Gasteiger partial charge in [0, 0.05) is 0 Å². The minimum Gasteiger partial charge on any atom is -0.485 e. The van der Waals surface area contributed by atoms with Crippen molar-refractivity contribution in [3.63, 3.8) is 0 Å². The number of carbonyl (C=O) groups is 1. The van der Waals surface area contributed by atoms with Crippen LogP contribution < -0.4 is 16.0 Å². The first-order valence-corrected chi connectivity index (χ1v) is 6.31. The van der Waals surface area contributed by atoms with E-state index in [9.17, 15) is 4.79 Å². The van der Waals surface area contributed by atoms with E-state index in [4.69, 9.17) is 15.0 Å². The number of nitrogens with one attached hydrogen (secondary N) is 1. The Morgan fingerprint density at radius 2 is 2.10 bits per heavy atom. The number of amides is 1. The largest absolute Gasteiger partial charge is 0.485 e. The zero-order chi connectivity index (χ0) is 14.7. The Morgan fingerprint density at radius 3 is 2.80 bits per heavy atom. The fraction of sp³-hybridized carbons (Fsp3) is 0.267. The summed E-state index contributed by atoms with van der Waals surface area (Å²) in [5.41, 5.74) is 5.83. The van der Waals surface area contributed by atoms with Crippen LogP contribution >= 0.6 is 0 Å². The van der Waals surface area contributed by atoms with Crippen molar-refractivity contribution in [2.75, 3.05) is 0 Å². The maximum atomic E-state index is 11.5. The summed E-state index contributed by atoms with van der Waals surface area (Å²) in [6, 6.07) is 5.63. The lowest BCUT2D eigenvalue weighted by Gasteiger charge is -2.12. The minimum atomic E-state index is -0.394. The highest BCUT2D eigenvalue weighted by Crippen LogP contribution is 2.24. The first-order chi connectivity index (χ1) is 9.52. The molecule has 5 heteroatoms. The zero-order valence-corrected chi connectivity index (χ0v) is 11.8. The Hall–Kier alpha value is -2.27. The van der Waals surface area contributed by atoms with E-state index >= 15 is 0 Å². The Morgan fingerprint density at radius 1 is 1.35 bits per heavy atom. The average Bonchev–Trinajstić information content (AvgIpc) is 2.88. The Balaban J connectivity index is 2.18. The summed E-state index contributed by atoms with van der Waals surface area (Å²) < 4.78 is 11.0. The smallest absolute Gasteiger partial charge is 0.268 e. The van der Waals surface area contributed by atoms with E-state index in [2.05, 4.69) is 11.5 Å². The number of nitrogen functional groups attached to an aromatic ring is 1. The number of hydrogen-bond acceptors (Lipinski definition) is 4. The van der Waals surface area contributed by atoms with Gasteiger partial charge in [0.05, 0.1) is 11.8 Å². The molecule has 0 unspecified atom stereocenters. The van der Waals surface area contributed by atoms with Gasteiger partial charge in [0.2, 0.25) is 0 Å². The SMILES string of the molecule is Cc1cc(C)c(C)c(OCc2occc2C(=O)NN)c1. The van der Waals surface area contributed by atoms with Crippen molar-refractivity contribution < 1.29 is 13.9 Å². The van der Waals surface area contributed by atoms with Crippen molar-refractivity contribution in [1.29, 1.82) is 0 Å². The Labute approximate surface area is 117 Å². The summed E-state index contributed by atoms with van der Waals surface area (Å²) in [5.74, 6) is 5.97. The van der Waals surface area contributed by atoms with Gasteiger partial charge in [-0.25, -0.2) is 5.84 Å². The molecule has 2 aromatic rings. The van der Waals surface area contributed by atoms with Crippen molar-refractivity contribution in [2.45, 2.75) is 27.4 Å². The van der Waals surface area contributed by atoms with Gasteiger partial charge in [0.1, 0.15) is 12.4 Å². The van der Waals surface area contributed by atoms with E-state index in [0.717, 1.165) is 16.9 Å². The molecule has 1 aromatic carbocycles. The fourth-order valence-corrected chi connectivity index (χ4v) is 2.03. The standard InChI is InChI=1S/C15H18N2O3/c1-9-6-10(2)11(3)13(7-9)20-8-14-12(4-5-19-14)15(18)17-16/h4-7H,8,16H2,1-3H3,(H,17,18). The molecule has 0 saturated carbocycles. The van der Waals surface area contributed by atoms with Crippen molar-refractivity contribution in [2.24, 2.45) is 5.84 Å². The molecule has 1 aromatic heterocycles. The van der Waals surface area contributed by atoms with Crippen molar-refractivity contribution in [1.82, 2.24) is 5.43 Å². The van der Waals surface area contributed by atoms with Crippen molar-refractivity contribution >= 4 is 5.91 Å². The molecular weight excluding hydrogens is 256 g/mol. The molecule has 0 saturated heterocycles. The summed E-state index contributed by atoms with van der Waals surface area (Å²) in [7, 11) is 0. The number of furan rings is 1. The number of ether oxygens (including phenoxy) is 1. The third-order valence-electron chi connectivity index (χ3n) is 3.24. The molecule has 20 heavy (non-hydrogen) atoms. The molecule has 0 aliphatic carbocycles. The molecule has 0 bridgehead atoms. The van der Waals surface area contributed by atoms with E-state index in [-0.39, 0.29) is 6.61 Å². The number of carbonyl (C=O) groups excluding carboxylic acids is 1. The van der Waals surface area contributed by atoms with Crippen LogP contribution in [-0.2, 0) is 6.61 Å². The first kappa shape index (κ1) is 14.1. The quantitative estimate of drug-likeness (QED) is 0.510. The summed E-state index contributed by atoms with van der Waals surface area (Å²) in [4.78, 5) is 11.5. The summed E-state index contributed by atoms with van der Waals surface area (Å²) in [6.07, 6.45) is 1.44. The van der Waals surface area contributed by atoms with Gasteiger partial charge in [-0.2, -0.15) is 0 Å². The number of rotatable bonds is 4. The molecule has 0 aliphatic heterocycles. The molecule has 1 heterocycles. The second-order valence-electron chi connectivity index (χ2n) is 4.72. The molecule has 106 valence electrons. The van der Waals surface area contributed by atoms with Crippen LogP contribution in [0.4, 0.5) is 0 Å². The van der Waals surface area contributed by atoms with Crippen LogP contribution in [0.15, 0.2) is 28.9 Å². The Kier molecular flexibility index (Phi) is 4.10. The molecule has 2 rings (SSSR count). The molecule has 0 spiro atoms. The molecular formula is C15H18N2O3. The van der Waals surface area contributed by atoms with Crippen LogP contribution in [-0.4, -0.2) is 5.91 Å². The van der Waals surface area contributed by atoms with Gasteiger partial charge in [-0.3, -0.25) is 10.2 Å². The lowest BCUT2D eigenvalue weighted by atomic mass is 10.1. The van der Waals surface area contributed by atoms with Crippen LogP contribution in [0, 0.1) is 20.8 Å². The van der Waals surface area contributed by atoms with E-state index < -0.39 is 5.91 Å². The summed E-state index contributed by atoms with van der Waals surface area (Å²) >= 11 is 0. The first-order valence-electron chi connectivity index (χ1n) is 6.31. The van der Waals surface area contributed by atoms with Crippen molar-refractivity contribution in [3.8, 4) is 5.75 Å². The molecule has 0 aliphatic rings. The van der Waals surface area contributed by atoms with E-state index in [1.807, 2.05) is 26.8 Å². The minimum absolute atomic E-state index is 0.180. The van der Waals surface area contributed by atoms with Gasteiger partial charge in [-0.05, 0) is 49.6 Å². The molecule has 1 amide bonds. The normalized spacial score (nSPS) is 10.4. The van der Waals surface area contributed by atoms with Crippen LogP contribution in [0.1, 0.15) is 32.8 Å². The lowest BCUT2D eigenvalue weighted by molar-refractivity contribution is 0.0949. The topological polar surface area (TPSA) is 77.5 Å². The van der Waals surface area contributed by atoms with Crippen LogP contribution in [0.2, 0.25) is 0 Å². The Bertz CT molecular complexity index is 632. The fourth-order valence-electron chi connectivity index (χ4n) is 2.03. The molecule has 5 nitrogen and oxygen atoms in total. The molecule has 0 fully saturated rings. The van der Waals surface area contributed by atoms with Crippen LogP contribution in [0.25, 0.3) is 0 Å². The van der Waals surface area contributed by atoms with Gasteiger partial charge in [-0.15, -0.1) is 0 Å². The van der Waals surface area contributed by atoms with Gasteiger partial charge in [0.25, 0.3) is 5.91 Å². The second kappa shape index (κ2) is 5.79. The van der Waals surface area contributed by atoms with Gasteiger partial charge in [-0.1, -0.05) is 6.07 Å². The van der Waals surface area contributed by atoms with Gasteiger partial charge >= 0.3 is 0 Å². The molecule has 3 N–H and O–H groups in total.